The van der Waals surface area contributed by atoms with E-state index >= 15 is 0 Å². The van der Waals surface area contributed by atoms with Gasteiger partial charge in [0.05, 0.1) is 23.3 Å². The van der Waals surface area contributed by atoms with E-state index in [1.165, 1.54) is 0 Å². The first-order chi connectivity index (χ1) is 34.6. The van der Waals surface area contributed by atoms with E-state index in [0.717, 1.165) is 77.9 Å². The number of hydrogen-bond acceptors (Lipinski definition) is 8. The monoisotopic (exact) mass is 894 g/mol. The van der Waals surface area contributed by atoms with Crippen molar-refractivity contribution >= 4 is 0 Å². The topological polar surface area (TPSA) is 125 Å². The van der Waals surface area contributed by atoms with Crippen LogP contribution in [0.3, 0.4) is 0 Å². The largest absolute Gasteiger partial charge is 0.208 e. The van der Waals surface area contributed by atoms with Crippen molar-refractivity contribution in [3.8, 4) is 125 Å². The number of nitrogens with zero attached hydrogens (tertiary/aromatic N) is 8. The zero-order valence-electron chi connectivity index (χ0n) is 37.5. The van der Waals surface area contributed by atoms with E-state index in [4.69, 9.17) is 29.9 Å². The Balaban J connectivity index is 1.06. The van der Waals surface area contributed by atoms with Gasteiger partial charge in [0, 0.05) is 33.4 Å². The molecule has 2 heterocycles. The predicted molar refractivity (Wildman–Crippen MR) is 277 cm³/mol. The zero-order chi connectivity index (χ0) is 47.2. The van der Waals surface area contributed by atoms with Crippen molar-refractivity contribution in [3.05, 3.63) is 242 Å². The van der Waals surface area contributed by atoms with Crippen molar-refractivity contribution in [2.75, 3.05) is 0 Å². The molecule has 0 bridgehead atoms. The van der Waals surface area contributed by atoms with Gasteiger partial charge in [-0.25, -0.2) is 29.9 Å². The maximum absolute atomic E-state index is 9.94. The van der Waals surface area contributed by atoms with E-state index < -0.39 is 0 Å². The number of rotatable bonds is 10. The van der Waals surface area contributed by atoms with Gasteiger partial charge >= 0.3 is 0 Å². The lowest BCUT2D eigenvalue weighted by atomic mass is 9.89. The molecule has 0 radical (unpaired) electrons. The highest BCUT2D eigenvalue weighted by atomic mass is 15.0. The molecule has 11 rings (SSSR count). The Labute approximate surface area is 405 Å². The summed E-state index contributed by atoms with van der Waals surface area (Å²) in [5.41, 5.74) is 13.4. The first-order valence-corrected chi connectivity index (χ1v) is 22.7. The standard InChI is InChI=1S/C62H38N8/c63-39-47-23-7-9-29-49(47)43-25-17-27-45(37-43)59-65-57(41-19-3-1-4-20-41)67-61(69-59)55-35-15-13-33-53(55)51-31-11-12-32-52(51)54-34-14-16-36-56(54)62-68-58(42-21-5-2-6-22-42)66-60(70-62)46-28-18-26-44(38-46)50-30-10-8-24-48(50)40-64/h1-38H. The molecule has 0 saturated heterocycles. The van der Waals surface area contributed by atoms with Gasteiger partial charge in [-0.3, -0.25) is 0 Å². The maximum atomic E-state index is 9.94. The van der Waals surface area contributed by atoms with Crippen LogP contribution in [0, 0.1) is 22.7 Å². The van der Waals surface area contributed by atoms with Crippen LogP contribution in [0.15, 0.2) is 231 Å². The fourth-order valence-electron chi connectivity index (χ4n) is 8.78. The highest BCUT2D eigenvalue weighted by molar-refractivity contribution is 5.95. The molecule has 0 N–H and O–H groups in total. The lowest BCUT2D eigenvalue weighted by molar-refractivity contribution is 1.07. The predicted octanol–water partition coefficient (Wildman–Crippen LogP) is 14.5. The molecule has 0 atom stereocenters. The molecule has 0 fully saturated rings. The molecule has 0 aliphatic carbocycles. The van der Waals surface area contributed by atoms with Gasteiger partial charge in [-0.2, -0.15) is 10.5 Å². The highest BCUT2D eigenvalue weighted by Crippen LogP contribution is 2.42. The fraction of sp³-hybridized carbons (Fsp3) is 0. The first-order valence-electron chi connectivity index (χ1n) is 22.7. The number of hydrogen-bond donors (Lipinski definition) is 0. The third kappa shape index (κ3) is 8.48. The zero-order valence-corrected chi connectivity index (χ0v) is 37.5. The molecule has 0 spiro atoms. The van der Waals surface area contributed by atoms with Crippen LogP contribution in [-0.4, -0.2) is 29.9 Å². The van der Waals surface area contributed by atoms with Crippen LogP contribution < -0.4 is 0 Å². The summed E-state index contributed by atoms with van der Waals surface area (Å²) in [4.78, 5) is 30.9. The third-order valence-corrected chi connectivity index (χ3v) is 12.1. The Kier molecular flexibility index (Phi) is 11.6. The molecule has 9 aromatic carbocycles. The Morgan fingerprint density at radius 2 is 0.471 bits per heavy atom. The van der Waals surface area contributed by atoms with Gasteiger partial charge in [0.2, 0.25) is 0 Å². The lowest BCUT2D eigenvalue weighted by Gasteiger charge is -2.17. The highest BCUT2D eigenvalue weighted by Gasteiger charge is 2.21. The van der Waals surface area contributed by atoms with Gasteiger partial charge in [-0.15, -0.1) is 0 Å². The van der Waals surface area contributed by atoms with Gasteiger partial charge in [0.15, 0.2) is 34.9 Å². The average Bonchev–Trinajstić information content (AvgIpc) is 3.45. The van der Waals surface area contributed by atoms with Crippen molar-refractivity contribution in [1.29, 1.82) is 10.5 Å². The van der Waals surface area contributed by atoms with E-state index in [9.17, 15) is 10.5 Å². The molecule has 0 amide bonds. The quantitative estimate of drug-likeness (QED) is 0.133. The van der Waals surface area contributed by atoms with E-state index in [0.29, 0.717) is 46.1 Å². The molecular formula is C62H38N8. The smallest absolute Gasteiger partial charge is 0.164 e. The molecule has 0 saturated carbocycles. The van der Waals surface area contributed by atoms with E-state index in [2.05, 4.69) is 48.5 Å². The van der Waals surface area contributed by atoms with Crippen LogP contribution in [0.5, 0.6) is 0 Å². The van der Waals surface area contributed by atoms with Crippen LogP contribution in [0.4, 0.5) is 0 Å². The van der Waals surface area contributed by atoms with Gasteiger partial charge < -0.3 is 0 Å². The van der Waals surface area contributed by atoms with Crippen molar-refractivity contribution in [1.82, 2.24) is 29.9 Å². The number of nitriles is 2. The van der Waals surface area contributed by atoms with Gasteiger partial charge in [-0.1, -0.05) is 206 Å². The summed E-state index contributed by atoms with van der Waals surface area (Å²) < 4.78 is 0. The Bertz CT molecular complexity index is 3570. The second-order valence-corrected chi connectivity index (χ2v) is 16.5. The summed E-state index contributed by atoms with van der Waals surface area (Å²) in [6.07, 6.45) is 0. The Hall–Kier alpha value is -10.0. The minimum atomic E-state index is 0.508. The Morgan fingerprint density at radius 1 is 0.214 bits per heavy atom. The maximum Gasteiger partial charge on any atom is 0.164 e. The molecule has 0 aliphatic rings. The van der Waals surface area contributed by atoms with Gasteiger partial charge in [-0.05, 0) is 68.8 Å². The van der Waals surface area contributed by atoms with Crippen LogP contribution in [0.25, 0.3) is 113 Å². The molecule has 0 unspecified atom stereocenters. The third-order valence-electron chi connectivity index (χ3n) is 12.1. The molecule has 11 aromatic rings. The van der Waals surface area contributed by atoms with E-state index in [1.807, 2.05) is 194 Å². The summed E-state index contributed by atoms with van der Waals surface area (Å²) >= 11 is 0. The molecule has 8 nitrogen and oxygen atoms in total. The fourth-order valence-corrected chi connectivity index (χ4v) is 8.78. The van der Waals surface area contributed by atoms with Crippen molar-refractivity contribution < 1.29 is 0 Å². The average molecular weight is 895 g/mol. The van der Waals surface area contributed by atoms with Crippen LogP contribution in [0.1, 0.15) is 11.1 Å². The Morgan fingerprint density at radius 3 is 0.843 bits per heavy atom. The van der Waals surface area contributed by atoms with E-state index in [-0.39, 0.29) is 0 Å². The molecule has 2 aromatic heterocycles. The molecule has 8 heteroatoms. The summed E-state index contributed by atoms with van der Waals surface area (Å²) in [5, 5.41) is 19.9. The summed E-state index contributed by atoms with van der Waals surface area (Å²) in [6, 6.07) is 80.4. The number of aromatic nitrogens is 6. The first kappa shape index (κ1) is 42.6. The normalized spacial score (nSPS) is 10.8. The lowest BCUT2D eigenvalue weighted by Crippen LogP contribution is -2.02. The SMILES string of the molecule is N#Cc1ccccc1-c1cccc(-c2nc(-c3ccccc3)nc(-c3ccccc3-c3ccccc3-c3ccccc3-c3nc(-c4ccccc4)nc(-c4cccc(-c5ccccc5C#N)c4)n3)n2)c1. The second-order valence-electron chi connectivity index (χ2n) is 16.5. The van der Waals surface area contributed by atoms with Crippen molar-refractivity contribution in [3.63, 3.8) is 0 Å². The van der Waals surface area contributed by atoms with Crippen molar-refractivity contribution in [2.24, 2.45) is 0 Å². The van der Waals surface area contributed by atoms with Crippen LogP contribution in [0.2, 0.25) is 0 Å². The minimum Gasteiger partial charge on any atom is -0.208 e. The van der Waals surface area contributed by atoms with E-state index in [1.54, 1.807) is 0 Å². The van der Waals surface area contributed by atoms with Crippen molar-refractivity contribution in [2.45, 2.75) is 0 Å². The molecular weight excluding hydrogens is 857 g/mol. The minimum absolute atomic E-state index is 0.508. The van der Waals surface area contributed by atoms with Crippen LogP contribution >= 0.6 is 0 Å². The summed E-state index contributed by atoms with van der Waals surface area (Å²) in [7, 11) is 0. The van der Waals surface area contributed by atoms with Gasteiger partial charge in [0.1, 0.15) is 0 Å². The van der Waals surface area contributed by atoms with Crippen LogP contribution in [-0.2, 0) is 0 Å². The number of benzene rings is 9. The molecule has 0 aliphatic heterocycles. The molecule has 326 valence electrons. The summed E-state index contributed by atoms with van der Waals surface area (Å²) in [6.45, 7) is 0. The molecule has 70 heavy (non-hydrogen) atoms. The summed E-state index contributed by atoms with van der Waals surface area (Å²) in [5.74, 6) is 3.12. The van der Waals surface area contributed by atoms with Gasteiger partial charge in [0.25, 0.3) is 0 Å². The second kappa shape index (κ2) is 19.1.